The molecule has 0 saturated carbocycles. The lowest BCUT2D eigenvalue weighted by molar-refractivity contribution is 0.0342. The minimum atomic E-state index is 0.521. The molecule has 3 rings (SSSR count). The fourth-order valence-corrected chi connectivity index (χ4v) is 2.46. The quantitative estimate of drug-likeness (QED) is 0.842. The van der Waals surface area contributed by atoms with Gasteiger partial charge in [0.25, 0.3) is 0 Å². The molecule has 0 atom stereocenters. The Morgan fingerprint density at radius 2 is 1.90 bits per heavy atom. The Balaban J connectivity index is 1.69. The molecule has 7 nitrogen and oxygen atoms in total. The molecule has 2 aromatic rings. The second-order valence-electron chi connectivity index (χ2n) is 5.10. The van der Waals surface area contributed by atoms with Gasteiger partial charge in [-0.25, -0.2) is 4.68 Å². The van der Waals surface area contributed by atoms with Crippen molar-refractivity contribution in [1.82, 2.24) is 25.1 Å². The number of hydrogen-bond acceptors (Lipinski definition) is 6. The first-order valence-electron chi connectivity index (χ1n) is 7.22. The van der Waals surface area contributed by atoms with Crippen LogP contribution in [-0.4, -0.2) is 58.0 Å². The Bertz CT molecular complexity index is 561. The maximum Gasteiger partial charge on any atom is 0.182 e. The van der Waals surface area contributed by atoms with Crippen molar-refractivity contribution in [2.24, 2.45) is 5.73 Å². The van der Waals surface area contributed by atoms with Crippen LogP contribution in [0.5, 0.6) is 0 Å². The minimum Gasteiger partial charge on any atom is -0.379 e. The van der Waals surface area contributed by atoms with Crippen molar-refractivity contribution in [3.05, 3.63) is 29.8 Å². The van der Waals surface area contributed by atoms with E-state index in [-0.39, 0.29) is 0 Å². The number of nitrogens with zero attached hydrogens (tertiary/aromatic N) is 5. The van der Waals surface area contributed by atoms with Gasteiger partial charge in [0.1, 0.15) is 0 Å². The van der Waals surface area contributed by atoms with Crippen LogP contribution in [0.2, 0.25) is 0 Å². The van der Waals surface area contributed by atoms with Crippen molar-refractivity contribution in [3.63, 3.8) is 0 Å². The van der Waals surface area contributed by atoms with Crippen LogP contribution < -0.4 is 5.73 Å². The smallest absolute Gasteiger partial charge is 0.182 e. The van der Waals surface area contributed by atoms with Crippen LogP contribution in [0.1, 0.15) is 5.56 Å². The molecule has 0 radical (unpaired) electrons. The highest BCUT2D eigenvalue weighted by molar-refractivity contribution is 5.54. The van der Waals surface area contributed by atoms with Gasteiger partial charge in [0, 0.05) is 31.7 Å². The predicted octanol–water partition coefficient (Wildman–Crippen LogP) is 0.131. The van der Waals surface area contributed by atoms with Crippen molar-refractivity contribution in [3.8, 4) is 11.4 Å². The fourth-order valence-electron chi connectivity index (χ4n) is 2.46. The Morgan fingerprint density at radius 1 is 1.14 bits per heavy atom. The summed E-state index contributed by atoms with van der Waals surface area (Å²) in [6, 6.07) is 8.39. The summed E-state index contributed by atoms with van der Waals surface area (Å²) >= 11 is 0. The molecule has 0 unspecified atom stereocenters. The summed E-state index contributed by atoms with van der Waals surface area (Å²) in [6.07, 6.45) is 0. The average molecular weight is 288 g/mol. The van der Waals surface area contributed by atoms with Crippen LogP contribution in [0.3, 0.4) is 0 Å². The first-order valence-corrected chi connectivity index (χ1v) is 7.22. The normalized spacial score (nSPS) is 16.2. The number of tetrazole rings is 1. The van der Waals surface area contributed by atoms with E-state index in [1.807, 2.05) is 0 Å². The second-order valence-corrected chi connectivity index (χ2v) is 5.10. The molecule has 0 spiro atoms. The molecule has 1 aromatic heterocycles. The zero-order valence-corrected chi connectivity index (χ0v) is 12.0. The third-order valence-electron chi connectivity index (χ3n) is 3.59. The molecule has 1 aromatic carbocycles. The van der Waals surface area contributed by atoms with E-state index in [9.17, 15) is 0 Å². The number of aromatic nitrogens is 4. The highest BCUT2D eigenvalue weighted by Gasteiger charge is 2.12. The van der Waals surface area contributed by atoms with Crippen molar-refractivity contribution in [2.75, 3.05) is 32.8 Å². The third-order valence-corrected chi connectivity index (χ3v) is 3.59. The van der Waals surface area contributed by atoms with Crippen molar-refractivity contribution in [1.29, 1.82) is 0 Å². The molecule has 1 aliphatic heterocycles. The molecule has 0 amide bonds. The Labute approximate surface area is 123 Å². The molecule has 0 aliphatic carbocycles. The molecule has 21 heavy (non-hydrogen) atoms. The van der Waals surface area contributed by atoms with E-state index in [1.54, 1.807) is 4.68 Å². The largest absolute Gasteiger partial charge is 0.379 e. The molecule has 2 N–H and O–H groups in total. The van der Waals surface area contributed by atoms with Gasteiger partial charge in [-0.3, -0.25) is 4.90 Å². The van der Waals surface area contributed by atoms with Gasteiger partial charge in [-0.05, 0) is 16.0 Å². The zero-order valence-electron chi connectivity index (χ0n) is 12.0. The van der Waals surface area contributed by atoms with Crippen LogP contribution in [0.4, 0.5) is 0 Å². The van der Waals surface area contributed by atoms with Crippen molar-refractivity contribution in [2.45, 2.75) is 13.1 Å². The summed E-state index contributed by atoms with van der Waals surface area (Å²) in [5.74, 6) is 0.762. The van der Waals surface area contributed by atoms with Crippen LogP contribution >= 0.6 is 0 Å². The number of rotatable bonds is 5. The lowest BCUT2D eigenvalue weighted by Gasteiger charge is -2.26. The molecule has 112 valence electrons. The Hall–Kier alpha value is -1.83. The highest BCUT2D eigenvalue weighted by Crippen LogP contribution is 2.17. The number of benzene rings is 1. The van der Waals surface area contributed by atoms with Gasteiger partial charge in [-0.2, -0.15) is 0 Å². The summed E-state index contributed by atoms with van der Waals surface area (Å²) < 4.78 is 7.10. The molecular formula is C14H20N6O. The van der Waals surface area contributed by atoms with Gasteiger partial charge in [0.05, 0.1) is 19.8 Å². The zero-order chi connectivity index (χ0) is 14.5. The number of hydrogen-bond donors (Lipinski definition) is 1. The molecule has 1 fully saturated rings. The number of morpholine rings is 1. The van der Waals surface area contributed by atoms with Gasteiger partial charge >= 0.3 is 0 Å². The lowest BCUT2D eigenvalue weighted by Crippen LogP contribution is -2.35. The summed E-state index contributed by atoms with van der Waals surface area (Å²) in [7, 11) is 0. The van der Waals surface area contributed by atoms with E-state index in [0.717, 1.165) is 44.2 Å². The SMILES string of the molecule is NCCn1nnnc1-c1ccc(CN2CCOCC2)cc1. The maximum absolute atomic E-state index is 5.56. The predicted molar refractivity (Wildman–Crippen MR) is 78.4 cm³/mol. The summed E-state index contributed by atoms with van der Waals surface area (Å²) in [5, 5.41) is 11.7. The minimum absolute atomic E-state index is 0.521. The van der Waals surface area contributed by atoms with Gasteiger partial charge in [0.15, 0.2) is 5.82 Å². The van der Waals surface area contributed by atoms with E-state index in [2.05, 4.69) is 44.7 Å². The Morgan fingerprint density at radius 3 is 2.62 bits per heavy atom. The maximum atomic E-state index is 5.56. The second kappa shape index (κ2) is 6.75. The van der Waals surface area contributed by atoms with Crippen LogP contribution in [0, 0.1) is 0 Å². The average Bonchev–Trinajstić information content (AvgIpc) is 2.98. The van der Waals surface area contributed by atoms with E-state index in [4.69, 9.17) is 10.5 Å². The monoisotopic (exact) mass is 288 g/mol. The first-order chi connectivity index (χ1) is 10.4. The van der Waals surface area contributed by atoms with Gasteiger partial charge < -0.3 is 10.5 Å². The van der Waals surface area contributed by atoms with Gasteiger partial charge in [-0.15, -0.1) is 5.10 Å². The van der Waals surface area contributed by atoms with E-state index in [0.29, 0.717) is 13.1 Å². The van der Waals surface area contributed by atoms with Crippen LogP contribution in [0.25, 0.3) is 11.4 Å². The topological polar surface area (TPSA) is 82.1 Å². The first kappa shape index (κ1) is 14.1. The Kier molecular flexibility index (Phi) is 4.54. The number of ether oxygens (including phenoxy) is 1. The van der Waals surface area contributed by atoms with E-state index in [1.165, 1.54) is 5.56 Å². The molecular weight excluding hydrogens is 268 g/mol. The number of nitrogens with two attached hydrogens (primary N) is 1. The van der Waals surface area contributed by atoms with E-state index >= 15 is 0 Å². The van der Waals surface area contributed by atoms with E-state index < -0.39 is 0 Å². The van der Waals surface area contributed by atoms with Crippen molar-refractivity contribution >= 4 is 0 Å². The lowest BCUT2D eigenvalue weighted by atomic mass is 10.1. The highest BCUT2D eigenvalue weighted by atomic mass is 16.5. The molecule has 2 heterocycles. The standard InChI is InChI=1S/C14H20N6O/c15-5-6-20-14(16-17-18-20)13-3-1-12(2-4-13)11-19-7-9-21-10-8-19/h1-4H,5-11,15H2. The van der Waals surface area contributed by atoms with Crippen LogP contribution in [0.15, 0.2) is 24.3 Å². The molecule has 1 saturated heterocycles. The molecule has 0 bridgehead atoms. The van der Waals surface area contributed by atoms with Gasteiger partial charge in [-0.1, -0.05) is 24.3 Å². The summed E-state index contributed by atoms with van der Waals surface area (Å²) in [4.78, 5) is 2.40. The summed E-state index contributed by atoms with van der Waals surface area (Å²) in [5.41, 5.74) is 7.87. The molecule has 7 heteroatoms. The van der Waals surface area contributed by atoms with Crippen molar-refractivity contribution < 1.29 is 4.74 Å². The third kappa shape index (κ3) is 3.44. The van der Waals surface area contributed by atoms with Crippen LogP contribution in [-0.2, 0) is 17.8 Å². The summed E-state index contributed by atoms with van der Waals surface area (Å²) in [6.45, 7) is 5.74. The fraction of sp³-hybridized carbons (Fsp3) is 0.500. The molecule has 1 aliphatic rings. The van der Waals surface area contributed by atoms with Gasteiger partial charge in [0.2, 0.25) is 0 Å².